The Labute approximate surface area is 358 Å². The van der Waals surface area contributed by atoms with Crippen molar-refractivity contribution in [1.29, 1.82) is 0 Å². The third-order valence-corrected chi connectivity index (χ3v) is 16.7. The Morgan fingerprint density at radius 1 is 0.633 bits per heavy atom. The SMILES string of the molecule is CCc1ccc(C2(OC)O[C@H](CO[Si](C)(C)C(C)(C)C)[C@@H](OCc3ccccc3)[C@H](OCc3ccccc3)[C@H]2OCc2ccccc2)cc1Cc1ccc2c(c1)OCCO2. The van der Waals surface area contributed by atoms with E-state index >= 15 is 0 Å². The first-order chi connectivity index (χ1) is 29.0. The van der Waals surface area contributed by atoms with Crippen LogP contribution in [0.5, 0.6) is 11.5 Å². The second-order valence-electron chi connectivity index (χ2n) is 17.3. The van der Waals surface area contributed by atoms with Gasteiger partial charge in [0, 0.05) is 12.7 Å². The van der Waals surface area contributed by atoms with Gasteiger partial charge in [0.2, 0.25) is 5.79 Å². The van der Waals surface area contributed by atoms with Crippen molar-refractivity contribution in [2.24, 2.45) is 0 Å². The number of ether oxygens (including phenoxy) is 7. The number of aryl methyl sites for hydroxylation is 1. The molecule has 2 heterocycles. The fourth-order valence-electron chi connectivity index (χ4n) is 7.76. The van der Waals surface area contributed by atoms with E-state index in [0.717, 1.165) is 51.3 Å². The number of fused-ring (bicyclic) bond motifs is 1. The lowest BCUT2D eigenvalue weighted by Gasteiger charge is -2.52. The van der Waals surface area contributed by atoms with Crippen LogP contribution in [0, 0.1) is 0 Å². The largest absolute Gasteiger partial charge is 0.486 e. The molecular formula is C51H62O8Si. The average Bonchev–Trinajstić information content (AvgIpc) is 3.27. The fourth-order valence-corrected chi connectivity index (χ4v) is 8.78. The first-order valence-corrected chi connectivity index (χ1v) is 24.2. The van der Waals surface area contributed by atoms with E-state index in [4.69, 9.17) is 37.6 Å². The van der Waals surface area contributed by atoms with Crippen LogP contribution in [0.4, 0.5) is 0 Å². The lowest BCUT2D eigenvalue weighted by Crippen LogP contribution is -2.66. The third-order valence-electron chi connectivity index (χ3n) is 12.2. The molecule has 2 aliphatic heterocycles. The Bertz CT molecular complexity index is 2110. The van der Waals surface area contributed by atoms with Gasteiger partial charge < -0.3 is 37.6 Å². The molecule has 318 valence electrons. The minimum atomic E-state index is -2.25. The van der Waals surface area contributed by atoms with E-state index in [0.29, 0.717) is 39.5 Å². The van der Waals surface area contributed by atoms with Gasteiger partial charge in [0.1, 0.15) is 37.6 Å². The van der Waals surface area contributed by atoms with E-state index in [1.165, 1.54) is 5.56 Å². The molecule has 0 saturated carbocycles. The van der Waals surface area contributed by atoms with Crippen LogP contribution in [0.15, 0.2) is 127 Å². The molecule has 5 atom stereocenters. The van der Waals surface area contributed by atoms with Gasteiger partial charge in [-0.15, -0.1) is 0 Å². The number of methoxy groups -OCH3 is 1. The van der Waals surface area contributed by atoms with E-state index in [-0.39, 0.29) is 11.6 Å². The second kappa shape index (κ2) is 19.6. The highest BCUT2D eigenvalue weighted by Gasteiger charge is 2.59. The van der Waals surface area contributed by atoms with E-state index in [1.807, 2.05) is 60.7 Å². The fraction of sp³-hybridized carbons (Fsp3) is 0.412. The maximum Gasteiger partial charge on any atom is 0.225 e. The van der Waals surface area contributed by atoms with Crippen molar-refractivity contribution < 1.29 is 37.6 Å². The van der Waals surface area contributed by atoms with Crippen LogP contribution in [0.1, 0.15) is 66.6 Å². The Morgan fingerprint density at radius 3 is 1.77 bits per heavy atom. The number of hydrogen-bond acceptors (Lipinski definition) is 8. The summed E-state index contributed by atoms with van der Waals surface area (Å²) in [5, 5.41) is -0.0241. The average molecular weight is 831 g/mol. The number of hydrogen-bond donors (Lipinski definition) is 0. The molecule has 60 heavy (non-hydrogen) atoms. The molecule has 0 radical (unpaired) electrons. The summed E-state index contributed by atoms with van der Waals surface area (Å²) in [6.45, 7) is 15.8. The number of benzene rings is 5. The molecule has 1 saturated heterocycles. The van der Waals surface area contributed by atoms with Crippen molar-refractivity contribution in [3.8, 4) is 11.5 Å². The molecule has 0 aliphatic carbocycles. The van der Waals surface area contributed by atoms with Gasteiger partial charge in [-0.3, -0.25) is 0 Å². The van der Waals surface area contributed by atoms with E-state index in [2.05, 4.69) is 108 Å². The normalized spacial score (nSPS) is 21.8. The molecule has 7 rings (SSSR count). The van der Waals surface area contributed by atoms with Crippen LogP contribution >= 0.6 is 0 Å². The van der Waals surface area contributed by atoms with Crippen molar-refractivity contribution in [1.82, 2.24) is 0 Å². The predicted molar refractivity (Wildman–Crippen MR) is 238 cm³/mol. The minimum Gasteiger partial charge on any atom is -0.486 e. The molecule has 0 N–H and O–H groups in total. The maximum absolute atomic E-state index is 7.46. The molecule has 5 aromatic rings. The molecular weight excluding hydrogens is 769 g/mol. The van der Waals surface area contributed by atoms with Crippen molar-refractivity contribution in [3.05, 3.63) is 166 Å². The summed E-state index contributed by atoms with van der Waals surface area (Å²) in [6.07, 6.45) is -1.06. The van der Waals surface area contributed by atoms with E-state index in [1.54, 1.807) is 7.11 Å². The van der Waals surface area contributed by atoms with Crippen LogP contribution < -0.4 is 9.47 Å². The van der Waals surface area contributed by atoms with Gasteiger partial charge in [0.25, 0.3) is 0 Å². The molecule has 0 spiro atoms. The van der Waals surface area contributed by atoms with Crippen LogP contribution in [0.3, 0.4) is 0 Å². The zero-order chi connectivity index (χ0) is 42.2. The molecule has 2 aliphatic rings. The summed E-state index contributed by atoms with van der Waals surface area (Å²) in [4.78, 5) is 0. The number of rotatable bonds is 17. The standard InChI is InChI=1S/C51H62O8Si/c1-8-41-25-26-43(32-42(41)30-40-24-27-44-45(31-40)54-29-28-53-44)51(52-5)49(57-35-39-22-16-11-17-23-39)48(56-34-38-20-14-10-15-21-38)47(55-33-37-18-12-9-13-19-37)46(59-51)36-58-60(6,7)50(2,3)4/h9-27,31-32,46-49H,8,28-30,33-36H2,1-7H3/t46-,47-,48+,49-,51?/m1/s1. The van der Waals surface area contributed by atoms with E-state index < -0.39 is 38.5 Å². The third kappa shape index (κ3) is 10.2. The van der Waals surface area contributed by atoms with Crippen LogP contribution in [-0.2, 0) is 66.6 Å². The smallest absolute Gasteiger partial charge is 0.225 e. The van der Waals surface area contributed by atoms with Gasteiger partial charge in [-0.2, -0.15) is 0 Å². The van der Waals surface area contributed by atoms with Crippen LogP contribution in [0.2, 0.25) is 18.1 Å². The molecule has 0 amide bonds. The Kier molecular flexibility index (Phi) is 14.3. The zero-order valence-corrected chi connectivity index (χ0v) is 37.4. The van der Waals surface area contributed by atoms with Gasteiger partial charge in [0.15, 0.2) is 19.8 Å². The highest BCUT2D eigenvalue weighted by atomic mass is 28.4. The first kappa shape index (κ1) is 43.8. The molecule has 0 aromatic heterocycles. The summed E-state index contributed by atoms with van der Waals surface area (Å²) in [5.74, 6) is 0.132. The summed E-state index contributed by atoms with van der Waals surface area (Å²) in [5.41, 5.74) is 7.46. The van der Waals surface area contributed by atoms with Crippen molar-refractivity contribution in [3.63, 3.8) is 0 Å². The Balaban J connectivity index is 1.35. The molecule has 9 heteroatoms. The summed E-state index contributed by atoms with van der Waals surface area (Å²) < 4.78 is 54.3. The van der Waals surface area contributed by atoms with Gasteiger partial charge in [0.05, 0.1) is 26.4 Å². The van der Waals surface area contributed by atoms with Crippen LogP contribution in [0.25, 0.3) is 0 Å². The zero-order valence-electron chi connectivity index (χ0n) is 36.4. The predicted octanol–water partition coefficient (Wildman–Crippen LogP) is 10.6. The Morgan fingerprint density at radius 2 is 1.20 bits per heavy atom. The van der Waals surface area contributed by atoms with Gasteiger partial charge in [-0.25, -0.2) is 0 Å². The van der Waals surface area contributed by atoms with E-state index in [9.17, 15) is 0 Å². The van der Waals surface area contributed by atoms with Crippen LogP contribution in [-0.4, -0.2) is 59.7 Å². The van der Waals surface area contributed by atoms with Gasteiger partial charge >= 0.3 is 0 Å². The van der Waals surface area contributed by atoms with Crippen molar-refractivity contribution in [2.45, 2.75) is 109 Å². The highest BCUT2D eigenvalue weighted by Crippen LogP contribution is 2.46. The minimum absolute atomic E-state index is 0.0241. The topological polar surface area (TPSA) is 73.8 Å². The maximum atomic E-state index is 7.46. The monoisotopic (exact) mass is 830 g/mol. The Hall–Kier alpha value is -4.32. The lowest BCUT2D eigenvalue weighted by atomic mass is 9.85. The summed E-state index contributed by atoms with van der Waals surface area (Å²) >= 11 is 0. The second-order valence-corrected chi connectivity index (χ2v) is 22.1. The molecule has 8 nitrogen and oxygen atoms in total. The summed E-state index contributed by atoms with van der Waals surface area (Å²) in [7, 11) is -0.547. The van der Waals surface area contributed by atoms with Gasteiger partial charge in [-0.1, -0.05) is 137 Å². The van der Waals surface area contributed by atoms with Crippen molar-refractivity contribution in [2.75, 3.05) is 26.9 Å². The lowest BCUT2D eigenvalue weighted by molar-refractivity contribution is -0.384. The van der Waals surface area contributed by atoms with Gasteiger partial charge in [-0.05, 0) is 82.6 Å². The molecule has 0 bridgehead atoms. The van der Waals surface area contributed by atoms with Crippen molar-refractivity contribution >= 4 is 8.32 Å². The first-order valence-electron chi connectivity index (χ1n) is 21.3. The highest BCUT2D eigenvalue weighted by molar-refractivity contribution is 6.74. The molecule has 1 fully saturated rings. The molecule has 1 unspecified atom stereocenters. The quantitative estimate of drug-likeness (QED) is 0.0858. The summed E-state index contributed by atoms with van der Waals surface area (Å²) in [6, 6.07) is 43.4. The molecule has 5 aromatic carbocycles.